The Kier molecular flexibility index (Phi) is 43.0. The van der Waals surface area contributed by atoms with Gasteiger partial charge in [0.05, 0.1) is 89.9 Å². The zero-order valence-corrected chi connectivity index (χ0v) is 85.9. The minimum absolute atomic E-state index is 0.00313. The number of pyridine rings is 2. The average molecular weight is 2010 g/mol. The number of hydrogen-bond donors (Lipinski definition) is 5. The van der Waals surface area contributed by atoms with Gasteiger partial charge in [-0.15, -0.1) is 62.3 Å². The molecule has 140 heavy (non-hydrogen) atoms. The highest BCUT2D eigenvalue weighted by Crippen LogP contribution is 2.32. The van der Waals surface area contributed by atoms with Gasteiger partial charge in [-0.05, 0) is 187 Å². The number of aromatic nitrogens is 17. The Morgan fingerprint density at radius 3 is 1.80 bits per heavy atom. The number of nitrogens with one attached hydrogen (secondary N) is 5. The second-order valence-corrected chi connectivity index (χ2v) is 39.1. The highest BCUT2D eigenvalue weighted by atomic mass is 32.2. The van der Waals surface area contributed by atoms with Crippen LogP contribution in [0.25, 0.3) is 33.6 Å². The van der Waals surface area contributed by atoms with Gasteiger partial charge in [0.2, 0.25) is 29.5 Å². The SMILES string of the molecule is CCCc1nnc(SCC(=O)Nc2cccc(C)c2C)n1CC1CCCO1.CCOC(=O)c1ccccc1NC(=O)CSc1nnc(C(C)C)n1CC.COCCCn1c(SCC(=O)NC(C)(C)C)nnc1-c1cccs1.Cc1ccc(CC(=O)CSc2nnc(-c3ccccn3)n2Cc2ccccc2)c(C)c1.O=C(CSc1nnc(-c2ccncc2)n1Cc1ccco1)NNC(=O)Cc1ccccc1. The van der Waals surface area contributed by atoms with E-state index in [9.17, 15) is 33.6 Å². The summed E-state index contributed by atoms with van der Waals surface area (Å²) in [5, 5.41) is 57.3. The van der Waals surface area contributed by atoms with Crippen molar-refractivity contribution in [1.29, 1.82) is 0 Å². The van der Waals surface area contributed by atoms with Gasteiger partial charge in [0.15, 0.2) is 43.3 Å². The molecule has 1 aliphatic rings. The molecule has 9 aromatic heterocycles. The Morgan fingerprint density at radius 2 is 1.16 bits per heavy atom. The maximum absolute atomic E-state index is 12.7. The minimum Gasteiger partial charge on any atom is -0.467 e. The summed E-state index contributed by atoms with van der Waals surface area (Å²) in [7, 11) is 1.69. The fourth-order valence-corrected chi connectivity index (χ4v) is 18.8. The van der Waals surface area contributed by atoms with Crippen LogP contribution in [0.1, 0.15) is 154 Å². The summed E-state index contributed by atoms with van der Waals surface area (Å²) in [5.74, 6) is 5.10. The summed E-state index contributed by atoms with van der Waals surface area (Å²) < 4.78 is 31.5. The molecule has 1 aliphatic heterocycles. The molecule has 0 radical (unpaired) electrons. The van der Waals surface area contributed by atoms with Crippen LogP contribution in [0, 0.1) is 27.7 Å². The molecule has 5 amide bonds. The zero-order chi connectivity index (χ0) is 99.7. The van der Waals surface area contributed by atoms with E-state index in [1.54, 1.807) is 74.5 Å². The number of amides is 5. The molecule has 0 saturated carbocycles. The molecule has 0 aliphatic carbocycles. The minimum atomic E-state index is -0.455. The molecule has 10 heterocycles. The Bertz CT molecular complexity index is 6270. The average Bonchev–Trinajstić information content (AvgIpc) is 1.67. The molecule has 14 aromatic rings. The molecular weight excluding hydrogens is 1890 g/mol. The molecule has 1 unspecified atom stereocenters. The molecule has 736 valence electrons. The predicted octanol–water partition coefficient (Wildman–Crippen LogP) is 17.5. The van der Waals surface area contributed by atoms with Gasteiger partial charge < -0.3 is 48.3 Å². The van der Waals surface area contributed by atoms with E-state index in [1.807, 2.05) is 188 Å². The molecule has 0 spiro atoms. The van der Waals surface area contributed by atoms with Crippen LogP contribution in [0.3, 0.4) is 0 Å². The number of ketones is 1. The van der Waals surface area contributed by atoms with Gasteiger partial charge in [-0.2, -0.15) is 0 Å². The van der Waals surface area contributed by atoms with Gasteiger partial charge in [-0.3, -0.25) is 58.7 Å². The summed E-state index contributed by atoms with van der Waals surface area (Å²) in [6, 6.07) is 55.5. The largest absolute Gasteiger partial charge is 0.467 e. The van der Waals surface area contributed by atoms with Gasteiger partial charge in [-0.1, -0.05) is 200 Å². The fourth-order valence-electron chi connectivity index (χ4n) is 14.2. The monoisotopic (exact) mass is 2010 g/mol. The van der Waals surface area contributed by atoms with Crippen LogP contribution in [0.5, 0.6) is 0 Å². The van der Waals surface area contributed by atoms with Gasteiger partial charge in [0.1, 0.15) is 28.9 Å². The quantitative estimate of drug-likeness (QED) is 0.0103. The summed E-state index contributed by atoms with van der Waals surface area (Å²) in [5.41, 5.74) is 15.6. The number of para-hydroxylation sites is 1. The van der Waals surface area contributed by atoms with Crippen LogP contribution < -0.4 is 26.8 Å². The maximum Gasteiger partial charge on any atom is 0.340 e. The number of thiophene rings is 1. The molecule has 1 saturated heterocycles. The number of esters is 1. The first kappa shape index (κ1) is 108. The number of carbonyl (C=O) groups excluding carboxylic acids is 7. The normalized spacial score (nSPS) is 12.1. The number of hydrazine groups is 1. The number of Topliss-reactive ketones (excluding diaryl/α,β-unsaturated/α-hetero) is 1. The van der Waals surface area contributed by atoms with E-state index in [0.29, 0.717) is 76.6 Å². The summed E-state index contributed by atoms with van der Waals surface area (Å²) in [4.78, 5) is 95.2. The second-order valence-electron chi connectivity index (χ2n) is 33.5. The Morgan fingerprint density at radius 1 is 0.550 bits per heavy atom. The molecule has 1 fully saturated rings. The number of hydrogen-bond acceptors (Lipinski definition) is 29. The van der Waals surface area contributed by atoms with Crippen LogP contribution in [0.15, 0.2) is 236 Å². The van der Waals surface area contributed by atoms with Crippen LogP contribution in [0.4, 0.5) is 11.4 Å². The lowest BCUT2D eigenvalue weighted by Gasteiger charge is -2.20. The van der Waals surface area contributed by atoms with Crippen LogP contribution in [-0.2, 0) is 95.0 Å². The first-order chi connectivity index (χ1) is 67.7. The number of furan rings is 1. The molecular formula is C101H120N22O11S6. The number of anilines is 2. The van der Waals surface area contributed by atoms with Crippen molar-refractivity contribution >= 4 is 123 Å². The van der Waals surface area contributed by atoms with Gasteiger partial charge in [0.25, 0.3) is 0 Å². The molecule has 1 atom stereocenters. The van der Waals surface area contributed by atoms with Crippen LogP contribution >= 0.6 is 70.1 Å². The van der Waals surface area contributed by atoms with Crippen molar-refractivity contribution in [3.63, 3.8) is 0 Å². The molecule has 39 heteroatoms. The van der Waals surface area contributed by atoms with Gasteiger partial charge >= 0.3 is 5.97 Å². The van der Waals surface area contributed by atoms with Crippen molar-refractivity contribution in [1.82, 2.24) is 100.0 Å². The Hall–Kier alpha value is -12.8. The number of thioether (sulfide) groups is 5. The number of aryl methyl sites for hydroxylation is 4. The second kappa shape index (κ2) is 55.9. The van der Waals surface area contributed by atoms with E-state index in [1.165, 1.54) is 69.9 Å². The van der Waals surface area contributed by atoms with E-state index < -0.39 is 5.97 Å². The summed E-state index contributed by atoms with van der Waals surface area (Å²) in [6.45, 7) is 29.2. The van der Waals surface area contributed by atoms with E-state index >= 15 is 0 Å². The van der Waals surface area contributed by atoms with E-state index in [4.69, 9.17) is 18.6 Å². The third kappa shape index (κ3) is 33.8. The number of carbonyl (C=O) groups is 7. The molecule has 5 N–H and O–H groups in total. The lowest BCUT2D eigenvalue weighted by atomic mass is 10.0. The smallest absolute Gasteiger partial charge is 0.340 e. The van der Waals surface area contributed by atoms with E-state index in [2.05, 4.69) is 156 Å². The Balaban J connectivity index is 0.000000168. The number of ether oxygens (including phenoxy) is 3. The summed E-state index contributed by atoms with van der Waals surface area (Å²) >= 11 is 8.45. The van der Waals surface area contributed by atoms with Crippen molar-refractivity contribution in [2.24, 2.45) is 0 Å². The highest BCUT2D eigenvalue weighted by Gasteiger charge is 2.27. The first-order valence-electron chi connectivity index (χ1n) is 46.0. The van der Waals surface area contributed by atoms with Crippen molar-refractivity contribution in [2.45, 2.75) is 204 Å². The van der Waals surface area contributed by atoms with Crippen LogP contribution in [-0.4, -0.2) is 192 Å². The number of methoxy groups -OCH3 is 1. The van der Waals surface area contributed by atoms with Gasteiger partial charge in [-0.25, -0.2) is 4.79 Å². The number of rotatable bonds is 40. The first-order valence-corrected chi connectivity index (χ1v) is 51.8. The lowest BCUT2D eigenvalue weighted by molar-refractivity contribution is -0.127. The topological polar surface area (TPSA) is 400 Å². The maximum atomic E-state index is 12.7. The fraction of sp³-hybridized carbons (Fsp3) is 0.356. The highest BCUT2D eigenvalue weighted by molar-refractivity contribution is 8.00. The lowest BCUT2D eigenvalue weighted by Crippen LogP contribution is -2.43. The van der Waals surface area contributed by atoms with Crippen molar-refractivity contribution in [2.75, 3.05) is 66.3 Å². The predicted molar refractivity (Wildman–Crippen MR) is 551 cm³/mol. The third-order valence-corrected chi connectivity index (χ3v) is 26.8. The van der Waals surface area contributed by atoms with Crippen molar-refractivity contribution < 1.29 is 52.2 Å². The molecule has 15 rings (SSSR count). The van der Waals surface area contributed by atoms with E-state index in [-0.39, 0.29) is 77.4 Å². The molecule has 0 bridgehead atoms. The number of nitrogens with zero attached hydrogens (tertiary/aromatic N) is 17. The van der Waals surface area contributed by atoms with Gasteiger partial charge in [0, 0.05) is 87.6 Å². The van der Waals surface area contributed by atoms with Crippen molar-refractivity contribution in [3.8, 4) is 33.6 Å². The zero-order valence-electron chi connectivity index (χ0n) is 81.0. The summed E-state index contributed by atoms with van der Waals surface area (Å²) in [6.07, 6.45) is 12.5. The van der Waals surface area contributed by atoms with E-state index in [0.717, 1.165) is 147 Å². The Labute approximate surface area is 841 Å². The van der Waals surface area contributed by atoms with Crippen molar-refractivity contribution in [3.05, 3.63) is 268 Å². The standard InChI is InChI=1S/C25H24N4OS.C22H20N6O3S.C20H28N4O2S.C18H24N4O3S.C16H24N4O2S2/c1-18-11-12-21(19(2)14-18)15-22(30)17-31-25-28-27-24(23-10-6-7-13-26-23)29(25)16-20-8-4-3-5-9-20;29-19(13-16-5-2-1-3-6-16)24-25-20(30)15-32-22-27-26-21(17-8-10-23-11-9-17)28(22)14-18-7-4-12-31-18;1-4-7-18-22-23-20(24(18)12-16-9-6-11-26-16)27-13-19(25)21-17-10-5-8-14(2)15(17)3;1-5-22-16(12(3)4)20-21-18(22)26-11-15(23)19-14-10-8-7-9-13(14)17(24)25-6-2;1-16(2,3)17-13(21)11-24-15-19-18-14(12-7-5-10-23-12)20(15)8-6-9-22-4/h3-14H,15-17H2,1-2H3;1-12H,13-15H2,(H,24,29)(H,25,30);5,8,10,16H,4,6-7,9,11-13H2,1-3H3,(H,21,25);7-10,12H,5-6,11H2,1-4H3,(H,19,23);5,7,10H,6,8-9,11H2,1-4H3,(H,17,21). The molecule has 33 nitrogen and oxygen atoms in total. The third-order valence-electron chi connectivity index (χ3n) is 21.0. The van der Waals surface area contributed by atoms with Crippen LogP contribution in [0.2, 0.25) is 0 Å². The molecule has 5 aromatic carbocycles. The number of benzene rings is 5.